The zero-order valence-corrected chi connectivity index (χ0v) is 10.9. The summed E-state index contributed by atoms with van der Waals surface area (Å²) < 4.78 is 5.60. The molecule has 0 aliphatic rings. The van der Waals surface area contributed by atoms with Crippen LogP contribution in [0.5, 0.6) is 5.75 Å². The third kappa shape index (κ3) is 3.66. The summed E-state index contributed by atoms with van der Waals surface area (Å²) >= 11 is 0. The lowest BCUT2D eigenvalue weighted by atomic mass is 9.94. The largest absolute Gasteiger partial charge is 0.492 e. The van der Waals surface area contributed by atoms with Crippen molar-refractivity contribution in [2.45, 2.75) is 13.8 Å². The van der Waals surface area contributed by atoms with Gasteiger partial charge in [-0.1, -0.05) is 6.07 Å². The topological polar surface area (TPSA) is 55.6 Å². The second-order valence-electron chi connectivity index (χ2n) is 4.93. The molecule has 0 radical (unpaired) electrons. The summed E-state index contributed by atoms with van der Waals surface area (Å²) in [7, 11) is 3.93. The molecule has 94 valence electrons. The van der Waals surface area contributed by atoms with E-state index in [1.165, 1.54) is 0 Å². The van der Waals surface area contributed by atoms with Crippen LogP contribution in [-0.2, 0) is 4.79 Å². The van der Waals surface area contributed by atoms with E-state index in [0.29, 0.717) is 0 Å². The lowest BCUT2D eigenvalue weighted by Crippen LogP contribution is -2.36. The highest BCUT2D eigenvalue weighted by molar-refractivity contribution is 5.80. The molecular weight excluding hydrogens is 216 g/mol. The SMILES string of the molecule is CN(C)c1cccc(OCC(C)(C)C(N)=O)c1. The van der Waals surface area contributed by atoms with Crippen molar-refractivity contribution in [2.24, 2.45) is 11.1 Å². The highest BCUT2D eigenvalue weighted by Gasteiger charge is 2.25. The molecule has 0 saturated heterocycles. The molecule has 1 aromatic carbocycles. The van der Waals surface area contributed by atoms with Crippen LogP contribution in [0, 0.1) is 5.41 Å². The Balaban J connectivity index is 2.70. The van der Waals surface area contributed by atoms with E-state index < -0.39 is 5.41 Å². The van der Waals surface area contributed by atoms with Gasteiger partial charge < -0.3 is 15.4 Å². The fourth-order valence-corrected chi connectivity index (χ4v) is 1.19. The Bertz CT molecular complexity index is 400. The van der Waals surface area contributed by atoms with Gasteiger partial charge in [0.25, 0.3) is 0 Å². The van der Waals surface area contributed by atoms with Crippen molar-refractivity contribution in [3.05, 3.63) is 24.3 Å². The number of benzene rings is 1. The standard InChI is InChI=1S/C13H20N2O2/c1-13(2,12(14)16)9-17-11-7-5-6-10(8-11)15(3)4/h5-8H,9H2,1-4H3,(H2,14,16). The molecule has 1 aromatic rings. The molecule has 0 aromatic heterocycles. The summed E-state index contributed by atoms with van der Waals surface area (Å²) in [5.41, 5.74) is 5.68. The Morgan fingerprint density at radius 1 is 1.41 bits per heavy atom. The first-order chi connectivity index (χ1) is 7.83. The van der Waals surface area contributed by atoms with Gasteiger partial charge in [0.15, 0.2) is 0 Å². The molecule has 0 fully saturated rings. The highest BCUT2D eigenvalue weighted by atomic mass is 16.5. The van der Waals surface area contributed by atoms with Crippen LogP contribution >= 0.6 is 0 Å². The summed E-state index contributed by atoms with van der Waals surface area (Å²) in [5, 5.41) is 0. The highest BCUT2D eigenvalue weighted by Crippen LogP contribution is 2.22. The van der Waals surface area contributed by atoms with Crippen LogP contribution in [-0.4, -0.2) is 26.6 Å². The molecule has 17 heavy (non-hydrogen) atoms. The minimum absolute atomic E-state index is 0.277. The summed E-state index contributed by atoms with van der Waals surface area (Å²) in [6, 6.07) is 7.70. The number of nitrogens with two attached hydrogens (primary N) is 1. The lowest BCUT2D eigenvalue weighted by molar-refractivity contribution is -0.127. The number of rotatable bonds is 5. The maximum absolute atomic E-state index is 11.2. The normalized spacial score (nSPS) is 11.1. The summed E-state index contributed by atoms with van der Waals surface area (Å²) in [5.74, 6) is 0.381. The van der Waals surface area contributed by atoms with Crippen molar-refractivity contribution >= 4 is 11.6 Å². The monoisotopic (exact) mass is 236 g/mol. The van der Waals surface area contributed by atoms with Gasteiger partial charge in [0.1, 0.15) is 12.4 Å². The van der Waals surface area contributed by atoms with E-state index in [2.05, 4.69) is 0 Å². The number of primary amides is 1. The van der Waals surface area contributed by atoms with Gasteiger partial charge in [-0.2, -0.15) is 0 Å². The number of carbonyl (C=O) groups is 1. The zero-order valence-electron chi connectivity index (χ0n) is 10.9. The summed E-state index contributed by atoms with van der Waals surface area (Å²) in [6.07, 6.45) is 0. The van der Waals surface area contributed by atoms with E-state index >= 15 is 0 Å². The van der Waals surface area contributed by atoms with E-state index in [9.17, 15) is 4.79 Å². The first-order valence-electron chi connectivity index (χ1n) is 5.53. The molecule has 0 aliphatic heterocycles. The van der Waals surface area contributed by atoms with Gasteiger partial charge in [0.2, 0.25) is 5.91 Å². The Kier molecular flexibility index (Phi) is 3.99. The Labute approximate surface area is 102 Å². The molecule has 1 amide bonds. The molecule has 0 atom stereocenters. The van der Waals surface area contributed by atoms with Crippen molar-refractivity contribution in [3.63, 3.8) is 0 Å². The number of ether oxygens (including phenoxy) is 1. The zero-order chi connectivity index (χ0) is 13.1. The number of hydrogen-bond donors (Lipinski definition) is 1. The molecule has 4 heteroatoms. The number of carbonyl (C=O) groups excluding carboxylic acids is 1. The number of anilines is 1. The van der Waals surface area contributed by atoms with E-state index in [1.807, 2.05) is 43.3 Å². The molecule has 0 heterocycles. The average Bonchev–Trinajstić information content (AvgIpc) is 2.26. The Hall–Kier alpha value is -1.71. The molecule has 1 rings (SSSR count). The minimum atomic E-state index is -0.659. The van der Waals surface area contributed by atoms with Crippen molar-refractivity contribution in [2.75, 3.05) is 25.6 Å². The van der Waals surface area contributed by atoms with Crippen LogP contribution in [0.4, 0.5) is 5.69 Å². The molecule has 0 aliphatic carbocycles. The van der Waals surface area contributed by atoms with Crippen molar-refractivity contribution < 1.29 is 9.53 Å². The van der Waals surface area contributed by atoms with Crippen LogP contribution in [0.1, 0.15) is 13.8 Å². The van der Waals surface area contributed by atoms with Gasteiger partial charge in [-0.25, -0.2) is 0 Å². The van der Waals surface area contributed by atoms with Crippen molar-refractivity contribution in [1.29, 1.82) is 0 Å². The van der Waals surface area contributed by atoms with Gasteiger partial charge >= 0.3 is 0 Å². The second kappa shape index (κ2) is 5.08. The van der Waals surface area contributed by atoms with Crippen LogP contribution < -0.4 is 15.4 Å². The fourth-order valence-electron chi connectivity index (χ4n) is 1.19. The van der Waals surface area contributed by atoms with E-state index in [4.69, 9.17) is 10.5 Å². The van der Waals surface area contributed by atoms with Gasteiger partial charge in [-0.3, -0.25) is 4.79 Å². The van der Waals surface area contributed by atoms with Gasteiger partial charge in [0, 0.05) is 25.8 Å². The smallest absolute Gasteiger partial charge is 0.226 e. The van der Waals surface area contributed by atoms with Gasteiger partial charge in [0.05, 0.1) is 5.41 Å². The van der Waals surface area contributed by atoms with E-state index in [1.54, 1.807) is 13.8 Å². The van der Waals surface area contributed by atoms with Crippen LogP contribution in [0.2, 0.25) is 0 Å². The Morgan fingerprint density at radius 2 is 2.06 bits per heavy atom. The van der Waals surface area contributed by atoms with Crippen LogP contribution in [0.15, 0.2) is 24.3 Å². The van der Waals surface area contributed by atoms with E-state index in [-0.39, 0.29) is 12.5 Å². The van der Waals surface area contributed by atoms with Crippen molar-refractivity contribution in [3.8, 4) is 5.75 Å². The molecule has 0 bridgehead atoms. The van der Waals surface area contributed by atoms with E-state index in [0.717, 1.165) is 11.4 Å². The van der Waals surface area contributed by atoms with Crippen LogP contribution in [0.25, 0.3) is 0 Å². The minimum Gasteiger partial charge on any atom is -0.492 e. The first-order valence-corrected chi connectivity index (χ1v) is 5.53. The number of amides is 1. The maximum atomic E-state index is 11.2. The quantitative estimate of drug-likeness (QED) is 0.845. The molecular formula is C13H20N2O2. The Morgan fingerprint density at radius 3 is 2.59 bits per heavy atom. The van der Waals surface area contributed by atoms with Gasteiger partial charge in [-0.05, 0) is 26.0 Å². The lowest BCUT2D eigenvalue weighted by Gasteiger charge is -2.21. The fraction of sp³-hybridized carbons (Fsp3) is 0.462. The second-order valence-corrected chi connectivity index (χ2v) is 4.93. The molecule has 4 nitrogen and oxygen atoms in total. The summed E-state index contributed by atoms with van der Waals surface area (Å²) in [4.78, 5) is 13.1. The average molecular weight is 236 g/mol. The third-order valence-electron chi connectivity index (χ3n) is 2.60. The molecule has 2 N–H and O–H groups in total. The van der Waals surface area contributed by atoms with Crippen molar-refractivity contribution in [1.82, 2.24) is 0 Å². The molecule has 0 spiro atoms. The predicted molar refractivity (Wildman–Crippen MR) is 69.2 cm³/mol. The molecule has 0 unspecified atom stereocenters. The molecule has 0 saturated carbocycles. The number of nitrogens with zero attached hydrogens (tertiary/aromatic N) is 1. The van der Waals surface area contributed by atoms with Gasteiger partial charge in [-0.15, -0.1) is 0 Å². The summed E-state index contributed by atoms with van der Waals surface area (Å²) in [6.45, 7) is 3.81. The third-order valence-corrected chi connectivity index (χ3v) is 2.60. The number of hydrogen-bond acceptors (Lipinski definition) is 3. The maximum Gasteiger partial charge on any atom is 0.226 e. The first kappa shape index (κ1) is 13.4. The van der Waals surface area contributed by atoms with Crippen LogP contribution in [0.3, 0.4) is 0 Å². The predicted octanol–water partition coefficient (Wildman–Crippen LogP) is 1.64.